The summed E-state index contributed by atoms with van der Waals surface area (Å²) in [5.41, 5.74) is 6.18. The first-order valence-corrected chi connectivity index (χ1v) is 25.5. The average Bonchev–Trinajstić information content (AvgIpc) is 4.05. The SMILES string of the molecule is [2H]C([2H])([2H])c1cnc(-c2cc(Oc3cc(-c4cc(C5CCC(C)(C6CCC(C7([2H])CCC(C)(C)CC7)CC6C)CC5C)c(C)cn4)c4oc5cc6ccccc6cc5c4c3)c(C([2H])([2H])[2H])c(-c3ccccc3)c2)cc1C([2H])([2H])[2H]. The second kappa shape index (κ2) is 17.9. The highest BCUT2D eigenvalue weighted by atomic mass is 16.5. The van der Waals surface area contributed by atoms with Crippen LogP contribution in [0, 0.1) is 67.9 Å². The van der Waals surface area contributed by atoms with Crippen LogP contribution in [0.25, 0.3) is 66.4 Å². The predicted octanol–water partition coefficient (Wildman–Crippen LogP) is 18.7. The molecule has 3 heterocycles. The molecular formula is C65H72N2O2. The van der Waals surface area contributed by atoms with Gasteiger partial charge in [-0.2, -0.15) is 0 Å². The van der Waals surface area contributed by atoms with Gasteiger partial charge in [-0.25, -0.2) is 0 Å². The van der Waals surface area contributed by atoms with Crippen LogP contribution in [0.2, 0.25) is 0 Å². The van der Waals surface area contributed by atoms with Crippen molar-refractivity contribution in [1.82, 2.24) is 9.97 Å². The standard InChI is InChI=1S/C65H72N2O2/c1-39-28-59(66-37-42(39)4)50-30-54(46-15-11-10-12-16-46)44(6)61(32-50)68-51-33-56-55-29-47-17-13-14-18-48(47)31-62(55)69-63(56)57(34-51)60-35-53(43(5)38-67-60)52-23-26-65(9,36-41(52)3)58-20-19-49(27-40(58)2)45-21-24-64(7,8)25-22-45/h10-18,28-35,37-38,40-41,45,49,52,58H,19-27,36H2,1-9H3/i1D3,4D3,6D3,45D. The van der Waals surface area contributed by atoms with Crippen molar-refractivity contribution in [3.8, 4) is 45.1 Å². The molecule has 6 unspecified atom stereocenters. The van der Waals surface area contributed by atoms with Crippen molar-refractivity contribution < 1.29 is 22.9 Å². The molecule has 6 atom stereocenters. The highest BCUT2D eigenvalue weighted by molar-refractivity contribution is 6.13. The Morgan fingerprint density at radius 1 is 0.667 bits per heavy atom. The van der Waals surface area contributed by atoms with Crippen molar-refractivity contribution in [2.45, 2.75) is 132 Å². The highest BCUT2D eigenvalue weighted by Gasteiger charge is 2.46. The lowest BCUT2D eigenvalue weighted by molar-refractivity contribution is -0.00567. The lowest BCUT2D eigenvalue weighted by Crippen LogP contribution is -2.42. The summed E-state index contributed by atoms with van der Waals surface area (Å²) >= 11 is 0. The molecule has 3 aliphatic carbocycles. The number of aryl methyl sites for hydroxylation is 3. The zero-order chi connectivity index (χ0) is 56.2. The normalized spacial score (nSPS) is 27.4. The Kier molecular flexibility index (Phi) is 9.17. The molecular weight excluding hydrogens is 841 g/mol. The number of ether oxygens (including phenoxy) is 1. The molecule has 69 heavy (non-hydrogen) atoms. The van der Waals surface area contributed by atoms with Crippen molar-refractivity contribution >= 4 is 32.7 Å². The number of furan rings is 1. The molecule has 0 radical (unpaired) electrons. The van der Waals surface area contributed by atoms with Crippen LogP contribution in [0.15, 0.2) is 120 Å². The molecule has 3 fully saturated rings. The van der Waals surface area contributed by atoms with E-state index in [0.717, 1.165) is 84.7 Å². The molecule has 11 rings (SSSR count). The number of benzene rings is 5. The van der Waals surface area contributed by atoms with Crippen molar-refractivity contribution in [2.75, 3.05) is 0 Å². The van der Waals surface area contributed by atoms with Crippen LogP contribution < -0.4 is 4.74 Å². The van der Waals surface area contributed by atoms with Gasteiger partial charge in [0.05, 0.1) is 11.4 Å². The van der Waals surface area contributed by atoms with Gasteiger partial charge in [0.1, 0.15) is 22.7 Å². The molecule has 4 heteroatoms. The average molecular weight is 923 g/mol. The zero-order valence-corrected chi connectivity index (χ0v) is 41.1. The van der Waals surface area contributed by atoms with E-state index in [4.69, 9.17) is 26.5 Å². The monoisotopic (exact) mass is 923 g/mol. The number of hydrogen-bond donors (Lipinski definition) is 0. The van der Waals surface area contributed by atoms with Crippen molar-refractivity contribution in [3.05, 3.63) is 143 Å². The molecule has 3 aromatic heterocycles. The van der Waals surface area contributed by atoms with Crippen molar-refractivity contribution in [1.29, 1.82) is 0 Å². The second-order valence-corrected chi connectivity index (χ2v) is 22.4. The number of hydrogen-bond acceptors (Lipinski definition) is 4. The minimum absolute atomic E-state index is 0.00583. The Bertz CT molecular complexity index is 3610. The van der Waals surface area contributed by atoms with E-state index >= 15 is 0 Å². The summed E-state index contributed by atoms with van der Waals surface area (Å²) in [6.07, 6.45) is 14.3. The van der Waals surface area contributed by atoms with Gasteiger partial charge in [-0.15, -0.1) is 0 Å². The van der Waals surface area contributed by atoms with E-state index in [-0.39, 0.29) is 39.4 Å². The maximum atomic E-state index is 9.64. The first-order chi connectivity index (χ1) is 37.2. The van der Waals surface area contributed by atoms with Crippen LogP contribution in [-0.2, 0) is 0 Å². The molecule has 3 aliphatic rings. The van der Waals surface area contributed by atoms with Crippen molar-refractivity contribution in [3.63, 3.8) is 0 Å². The molecule has 5 aromatic carbocycles. The molecule has 0 amide bonds. The molecule has 0 aliphatic heterocycles. The van der Waals surface area contributed by atoms with Gasteiger partial charge in [-0.1, -0.05) is 89.2 Å². The molecule has 3 saturated carbocycles. The first kappa shape index (κ1) is 35.4. The molecule has 4 nitrogen and oxygen atoms in total. The van der Waals surface area contributed by atoms with Gasteiger partial charge in [0.25, 0.3) is 0 Å². The topological polar surface area (TPSA) is 48.2 Å². The maximum absolute atomic E-state index is 9.64. The van der Waals surface area contributed by atoms with Gasteiger partial charge in [0.15, 0.2) is 0 Å². The van der Waals surface area contributed by atoms with Gasteiger partial charge in [0, 0.05) is 48.0 Å². The zero-order valence-electron chi connectivity index (χ0n) is 51.1. The fourth-order valence-electron chi connectivity index (χ4n) is 13.3. The van der Waals surface area contributed by atoms with Crippen LogP contribution >= 0.6 is 0 Å². The van der Waals surface area contributed by atoms with Crippen LogP contribution in [0.1, 0.15) is 146 Å². The fourth-order valence-corrected chi connectivity index (χ4v) is 13.3. The van der Waals surface area contributed by atoms with E-state index in [1.807, 2.05) is 54.7 Å². The Balaban J connectivity index is 0.994. The Labute approximate surface area is 425 Å². The quantitative estimate of drug-likeness (QED) is 0.152. The summed E-state index contributed by atoms with van der Waals surface area (Å²) in [6, 6.07) is 31.8. The Morgan fingerprint density at radius 2 is 1.42 bits per heavy atom. The molecule has 0 bridgehead atoms. The van der Waals surface area contributed by atoms with Crippen LogP contribution in [0.5, 0.6) is 11.5 Å². The number of rotatable bonds is 8. The molecule has 354 valence electrons. The molecule has 0 N–H and O–H groups in total. The van der Waals surface area contributed by atoms with Gasteiger partial charge in [-0.3, -0.25) is 9.97 Å². The van der Waals surface area contributed by atoms with E-state index in [0.29, 0.717) is 79.9 Å². The Morgan fingerprint density at radius 3 is 2.17 bits per heavy atom. The predicted molar refractivity (Wildman–Crippen MR) is 288 cm³/mol. The van der Waals surface area contributed by atoms with Crippen LogP contribution in [0.4, 0.5) is 0 Å². The lowest BCUT2D eigenvalue weighted by atomic mass is 9.53. The fraction of sp³-hybridized carbons (Fsp3) is 0.415. The summed E-state index contributed by atoms with van der Waals surface area (Å²) in [5.74, 6) is 2.45. The number of aromatic nitrogens is 2. The third-order valence-corrected chi connectivity index (χ3v) is 17.2. The third-order valence-electron chi connectivity index (χ3n) is 17.2. The first-order valence-electron chi connectivity index (χ1n) is 30.5. The third kappa shape index (κ3) is 8.69. The number of pyridine rings is 2. The Hall–Kier alpha value is -5.74. The minimum atomic E-state index is -2.79. The van der Waals surface area contributed by atoms with Gasteiger partial charge < -0.3 is 9.15 Å². The minimum Gasteiger partial charge on any atom is -0.457 e. The lowest BCUT2D eigenvalue weighted by Gasteiger charge is -2.52. The largest absolute Gasteiger partial charge is 0.457 e. The van der Waals surface area contributed by atoms with Gasteiger partial charge in [0.2, 0.25) is 0 Å². The van der Waals surface area contributed by atoms with E-state index in [1.165, 1.54) is 24.5 Å². The van der Waals surface area contributed by atoms with E-state index in [2.05, 4.69) is 70.8 Å². The maximum Gasteiger partial charge on any atom is 0.145 e. The summed E-state index contributed by atoms with van der Waals surface area (Å²) in [4.78, 5) is 9.62. The molecule has 0 spiro atoms. The highest BCUT2D eigenvalue weighted by Crippen LogP contribution is 2.57. The van der Waals surface area contributed by atoms with Crippen LogP contribution in [0.3, 0.4) is 0 Å². The summed E-state index contributed by atoms with van der Waals surface area (Å²) in [6.45, 7) is 6.12. The smallest absolute Gasteiger partial charge is 0.145 e. The second-order valence-electron chi connectivity index (χ2n) is 22.4. The van der Waals surface area contributed by atoms with Crippen LogP contribution in [-0.4, -0.2) is 9.97 Å². The summed E-state index contributed by atoms with van der Waals surface area (Å²) in [5, 5.41) is 3.65. The molecule has 8 aromatic rings. The van der Waals surface area contributed by atoms with E-state index in [9.17, 15) is 1.37 Å². The van der Waals surface area contributed by atoms with E-state index in [1.54, 1.807) is 24.3 Å². The number of nitrogens with zero attached hydrogens (tertiary/aromatic N) is 2. The summed E-state index contributed by atoms with van der Waals surface area (Å²) in [7, 11) is 0. The van der Waals surface area contributed by atoms with Gasteiger partial charge in [-0.05, 0) is 236 Å². The van der Waals surface area contributed by atoms with Crippen molar-refractivity contribution in [2.24, 2.45) is 40.4 Å². The molecule has 0 saturated heterocycles. The summed E-state index contributed by atoms with van der Waals surface area (Å²) < 4.78 is 99.8. The van der Waals surface area contributed by atoms with Gasteiger partial charge >= 0.3 is 0 Å². The number of fused-ring (bicyclic) bond motifs is 4. The van der Waals surface area contributed by atoms with E-state index < -0.39 is 20.6 Å².